The summed E-state index contributed by atoms with van der Waals surface area (Å²) < 4.78 is -1.67. The Hall–Kier alpha value is 1.48. The molecule has 0 aliphatic carbocycles. The lowest BCUT2D eigenvalue weighted by molar-refractivity contribution is 1.37. The van der Waals surface area contributed by atoms with Gasteiger partial charge in [0.15, 0.2) is 0 Å². The zero-order chi connectivity index (χ0) is 8.36. The molecule has 0 atom stereocenters. The molecule has 0 saturated carbocycles. The standard InChI is InChI=1S/C4H2Cl6/c5-1-2(6)3(7)4(8,9)10/h1H2. The maximum Gasteiger partial charge on any atom is 0.227 e. The highest BCUT2D eigenvalue weighted by Crippen LogP contribution is 2.39. The molecule has 0 nitrogen and oxygen atoms in total. The minimum Gasteiger partial charge on any atom is -0.121 e. The summed E-state index contributed by atoms with van der Waals surface area (Å²) in [5.41, 5.74) is 0. The summed E-state index contributed by atoms with van der Waals surface area (Å²) in [6, 6.07) is 0. The molecular formula is C4H2Cl6. The summed E-state index contributed by atoms with van der Waals surface area (Å²) in [5.74, 6) is 0.0360. The molecule has 0 aromatic carbocycles. The highest BCUT2D eigenvalue weighted by Gasteiger charge is 2.26. The van der Waals surface area contributed by atoms with Crippen molar-refractivity contribution in [1.29, 1.82) is 0 Å². The minimum absolute atomic E-state index is 0.0360. The maximum atomic E-state index is 5.47. The van der Waals surface area contributed by atoms with E-state index in [2.05, 4.69) is 0 Å². The van der Waals surface area contributed by atoms with Gasteiger partial charge in [-0.25, -0.2) is 0 Å². The van der Waals surface area contributed by atoms with E-state index in [1.165, 1.54) is 0 Å². The molecule has 0 bridgehead atoms. The van der Waals surface area contributed by atoms with E-state index in [0.717, 1.165) is 0 Å². The van der Waals surface area contributed by atoms with Crippen LogP contribution in [0.3, 0.4) is 0 Å². The Kier molecular flexibility index (Phi) is 5.16. The summed E-state index contributed by atoms with van der Waals surface area (Å²) in [5, 5.41) is 0.0810. The van der Waals surface area contributed by atoms with Gasteiger partial charge in [0.2, 0.25) is 3.79 Å². The molecule has 0 aromatic rings. The summed E-state index contributed by atoms with van der Waals surface area (Å²) in [7, 11) is 0. The largest absolute Gasteiger partial charge is 0.227 e. The van der Waals surface area contributed by atoms with E-state index in [-0.39, 0.29) is 15.9 Å². The Labute approximate surface area is 89.0 Å². The minimum atomic E-state index is -1.67. The quantitative estimate of drug-likeness (QED) is 0.619. The molecule has 0 aliphatic rings. The van der Waals surface area contributed by atoms with Gasteiger partial charge in [0.25, 0.3) is 0 Å². The number of alkyl halides is 4. The first kappa shape index (κ1) is 11.5. The Morgan fingerprint density at radius 1 is 1.10 bits per heavy atom. The molecule has 0 rings (SSSR count). The van der Waals surface area contributed by atoms with Crippen LogP contribution < -0.4 is 0 Å². The molecule has 0 fully saturated rings. The Morgan fingerprint density at radius 3 is 1.60 bits per heavy atom. The molecule has 60 valence electrons. The van der Waals surface area contributed by atoms with E-state index in [9.17, 15) is 0 Å². The van der Waals surface area contributed by atoms with Gasteiger partial charge in [0.05, 0.1) is 15.9 Å². The third kappa shape index (κ3) is 3.75. The van der Waals surface area contributed by atoms with Gasteiger partial charge in [-0.1, -0.05) is 58.0 Å². The molecule has 0 radical (unpaired) electrons. The molecule has 0 aliphatic heterocycles. The number of halogens is 6. The van der Waals surface area contributed by atoms with Crippen LogP contribution in [0.2, 0.25) is 0 Å². The lowest BCUT2D eigenvalue weighted by Crippen LogP contribution is -2.03. The van der Waals surface area contributed by atoms with Crippen LogP contribution in [0.1, 0.15) is 0 Å². The molecule has 0 heterocycles. The summed E-state index contributed by atoms with van der Waals surface area (Å²) in [4.78, 5) is 0. The van der Waals surface area contributed by atoms with Crippen LogP contribution in [0.5, 0.6) is 0 Å². The number of hydrogen-bond donors (Lipinski definition) is 0. The fourth-order valence-electron chi connectivity index (χ4n) is 0.212. The number of hydrogen-bond acceptors (Lipinski definition) is 0. The van der Waals surface area contributed by atoms with Gasteiger partial charge < -0.3 is 0 Å². The first-order chi connectivity index (χ1) is 4.39. The number of rotatable bonds is 1. The predicted molar refractivity (Wildman–Crippen MR) is 49.7 cm³/mol. The van der Waals surface area contributed by atoms with Crippen LogP contribution in [0.4, 0.5) is 0 Å². The summed E-state index contributed by atoms with van der Waals surface area (Å²) in [6.45, 7) is 0. The zero-order valence-corrected chi connectivity index (χ0v) is 9.01. The van der Waals surface area contributed by atoms with Gasteiger partial charge in [0.1, 0.15) is 0 Å². The van der Waals surface area contributed by atoms with Crippen LogP contribution in [-0.4, -0.2) is 9.67 Å². The second kappa shape index (κ2) is 4.49. The van der Waals surface area contributed by atoms with Gasteiger partial charge in [-0.15, -0.1) is 11.6 Å². The van der Waals surface area contributed by atoms with Gasteiger partial charge in [-0.3, -0.25) is 0 Å². The fraction of sp³-hybridized carbons (Fsp3) is 0.500. The van der Waals surface area contributed by atoms with E-state index in [4.69, 9.17) is 69.6 Å². The molecule has 0 spiro atoms. The van der Waals surface area contributed by atoms with Crippen LogP contribution >= 0.6 is 69.6 Å². The second-order valence-corrected chi connectivity index (χ2v) is 4.73. The van der Waals surface area contributed by atoms with Gasteiger partial charge in [0, 0.05) is 0 Å². The maximum absolute atomic E-state index is 5.47. The van der Waals surface area contributed by atoms with Crippen molar-refractivity contribution >= 4 is 69.6 Å². The lowest BCUT2D eigenvalue weighted by atomic mass is 10.5. The van der Waals surface area contributed by atoms with Crippen molar-refractivity contribution in [3.8, 4) is 0 Å². The average molecular weight is 263 g/mol. The third-order valence-electron chi connectivity index (χ3n) is 0.604. The second-order valence-electron chi connectivity index (χ2n) is 1.35. The van der Waals surface area contributed by atoms with Crippen molar-refractivity contribution in [1.82, 2.24) is 0 Å². The van der Waals surface area contributed by atoms with E-state index in [0.29, 0.717) is 0 Å². The summed E-state index contributed by atoms with van der Waals surface area (Å²) >= 11 is 32.3. The topological polar surface area (TPSA) is 0 Å². The third-order valence-corrected chi connectivity index (χ3v) is 2.80. The molecule has 0 saturated heterocycles. The zero-order valence-electron chi connectivity index (χ0n) is 4.47. The lowest BCUT2D eigenvalue weighted by Gasteiger charge is -2.09. The van der Waals surface area contributed by atoms with Crippen LogP contribution in [0, 0.1) is 0 Å². The highest BCUT2D eigenvalue weighted by molar-refractivity contribution is 6.73. The van der Waals surface area contributed by atoms with E-state index in [1.54, 1.807) is 0 Å². The van der Waals surface area contributed by atoms with Gasteiger partial charge in [-0.05, 0) is 0 Å². The van der Waals surface area contributed by atoms with E-state index in [1.807, 2.05) is 0 Å². The molecule has 10 heavy (non-hydrogen) atoms. The first-order valence-corrected chi connectivity index (χ1v) is 4.49. The molecule has 0 amide bonds. The van der Waals surface area contributed by atoms with Gasteiger partial charge >= 0.3 is 0 Å². The average Bonchev–Trinajstić information content (AvgIpc) is 1.83. The van der Waals surface area contributed by atoms with Crippen molar-refractivity contribution in [3.63, 3.8) is 0 Å². The van der Waals surface area contributed by atoms with Crippen molar-refractivity contribution in [2.24, 2.45) is 0 Å². The Bertz CT molecular complexity index is 142. The summed E-state index contributed by atoms with van der Waals surface area (Å²) in [6.07, 6.45) is 0. The van der Waals surface area contributed by atoms with Crippen molar-refractivity contribution < 1.29 is 0 Å². The van der Waals surface area contributed by atoms with E-state index < -0.39 is 3.79 Å². The van der Waals surface area contributed by atoms with Crippen LogP contribution in [0.25, 0.3) is 0 Å². The Balaban J connectivity index is 4.47. The van der Waals surface area contributed by atoms with Crippen LogP contribution in [-0.2, 0) is 0 Å². The highest BCUT2D eigenvalue weighted by atomic mass is 35.6. The first-order valence-electron chi connectivity index (χ1n) is 2.07. The monoisotopic (exact) mass is 260 g/mol. The number of allylic oxidation sites excluding steroid dienone is 2. The van der Waals surface area contributed by atoms with Gasteiger partial charge in [-0.2, -0.15) is 0 Å². The molecule has 0 aromatic heterocycles. The van der Waals surface area contributed by atoms with Crippen LogP contribution in [0.15, 0.2) is 10.1 Å². The Morgan fingerprint density at radius 2 is 1.50 bits per heavy atom. The molecular weight excluding hydrogens is 261 g/mol. The normalized spacial score (nSPS) is 15.0. The fourth-order valence-corrected chi connectivity index (χ4v) is 1.11. The van der Waals surface area contributed by atoms with Crippen molar-refractivity contribution in [2.75, 3.05) is 5.88 Å². The van der Waals surface area contributed by atoms with Crippen molar-refractivity contribution in [2.45, 2.75) is 3.79 Å². The smallest absolute Gasteiger partial charge is 0.121 e. The molecule has 0 N–H and O–H groups in total. The van der Waals surface area contributed by atoms with E-state index >= 15 is 0 Å². The predicted octanol–water partition coefficient (Wildman–Crippen LogP) is 4.28. The molecule has 0 unspecified atom stereocenters. The SMILES string of the molecule is ClCC(Cl)=C(Cl)C(Cl)(Cl)Cl. The van der Waals surface area contributed by atoms with Crippen molar-refractivity contribution in [3.05, 3.63) is 10.1 Å². The molecule has 6 heteroatoms.